The van der Waals surface area contributed by atoms with Gasteiger partial charge in [-0.15, -0.1) is 0 Å². The van der Waals surface area contributed by atoms with E-state index in [0.29, 0.717) is 0 Å². The lowest BCUT2D eigenvalue weighted by Crippen LogP contribution is -2.39. The fraction of sp³-hybridized carbons (Fsp3) is 0.300. The second kappa shape index (κ2) is 8.12. The van der Waals surface area contributed by atoms with E-state index in [9.17, 15) is 18.0 Å². The van der Waals surface area contributed by atoms with Crippen LogP contribution in [0.1, 0.15) is 18.1 Å². The third kappa shape index (κ3) is 4.40. The molecule has 0 bridgehead atoms. The van der Waals surface area contributed by atoms with E-state index in [1.165, 1.54) is 12.1 Å². The van der Waals surface area contributed by atoms with Crippen molar-refractivity contribution in [1.82, 2.24) is 4.72 Å². The first-order valence-corrected chi connectivity index (χ1v) is 10.4. The second-order valence-electron chi connectivity index (χ2n) is 6.74. The minimum absolute atomic E-state index is 0.0244. The molecule has 0 unspecified atom stereocenters. The molecule has 8 heteroatoms. The Kier molecular flexibility index (Phi) is 5.81. The van der Waals surface area contributed by atoms with Crippen LogP contribution in [0.5, 0.6) is 0 Å². The standard InChI is InChI=1S/C20H22N2O5S/c1-14-7-9-17(10-8-14)28(25,26)21-12-20(24)27-13-19(23)22-15(2)11-16-5-3-4-6-18(16)22/h3-10,15,21H,11-13H2,1-2H3/t15-/m1/s1. The predicted octanol–water partition coefficient (Wildman–Crippen LogP) is 1.79. The highest BCUT2D eigenvalue weighted by atomic mass is 32.2. The maximum absolute atomic E-state index is 12.5. The molecule has 0 radical (unpaired) electrons. The van der Waals surface area contributed by atoms with Gasteiger partial charge in [-0.25, -0.2) is 8.42 Å². The van der Waals surface area contributed by atoms with E-state index >= 15 is 0 Å². The van der Waals surface area contributed by atoms with E-state index < -0.39 is 29.1 Å². The third-order valence-corrected chi connectivity index (χ3v) is 5.99. The zero-order valence-electron chi connectivity index (χ0n) is 15.7. The SMILES string of the molecule is Cc1ccc(S(=O)(=O)NCC(=O)OCC(=O)N2c3ccccc3C[C@H]2C)cc1. The fourth-order valence-corrected chi connectivity index (χ4v) is 4.13. The van der Waals surface area contributed by atoms with Crippen LogP contribution in [-0.2, 0) is 30.8 Å². The largest absolute Gasteiger partial charge is 0.455 e. The molecule has 1 amide bonds. The zero-order chi connectivity index (χ0) is 20.3. The summed E-state index contributed by atoms with van der Waals surface area (Å²) in [5.74, 6) is -1.16. The Bertz CT molecular complexity index is 986. The van der Waals surface area contributed by atoms with Gasteiger partial charge in [-0.05, 0) is 44.0 Å². The number of para-hydroxylation sites is 1. The number of sulfonamides is 1. The molecule has 0 aliphatic carbocycles. The van der Waals surface area contributed by atoms with Gasteiger partial charge < -0.3 is 9.64 Å². The van der Waals surface area contributed by atoms with E-state index in [4.69, 9.17) is 4.74 Å². The predicted molar refractivity (Wildman–Crippen MR) is 104 cm³/mol. The van der Waals surface area contributed by atoms with Crippen molar-refractivity contribution in [2.45, 2.75) is 31.2 Å². The highest BCUT2D eigenvalue weighted by Gasteiger charge is 2.31. The Morgan fingerprint density at radius 3 is 2.54 bits per heavy atom. The van der Waals surface area contributed by atoms with Gasteiger partial charge in [0.15, 0.2) is 6.61 Å². The molecule has 148 valence electrons. The number of hydrogen-bond acceptors (Lipinski definition) is 5. The summed E-state index contributed by atoms with van der Waals surface area (Å²) in [5, 5.41) is 0. The smallest absolute Gasteiger partial charge is 0.321 e. The van der Waals surface area contributed by atoms with Crippen molar-refractivity contribution in [3.63, 3.8) is 0 Å². The Morgan fingerprint density at radius 2 is 1.82 bits per heavy atom. The molecule has 7 nitrogen and oxygen atoms in total. The monoisotopic (exact) mass is 402 g/mol. The summed E-state index contributed by atoms with van der Waals surface area (Å²) in [7, 11) is -3.82. The summed E-state index contributed by atoms with van der Waals surface area (Å²) in [4.78, 5) is 26.1. The number of carbonyl (C=O) groups is 2. The van der Waals surface area contributed by atoms with Crippen LogP contribution in [0.2, 0.25) is 0 Å². The van der Waals surface area contributed by atoms with Crippen LogP contribution in [0.3, 0.4) is 0 Å². The van der Waals surface area contributed by atoms with Crippen molar-refractivity contribution in [3.05, 3.63) is 59.7 Å². The molecule has 28 heavy (non-hydrogen) atoms. The molecule has 0 saturated carbocycles. The fourth-order valence-electron chi connectivity index (χ4n) is 3.16. The molecule has 0 aromatic heterocycles. The summed E-state index contributed by atoms with van der Waals surface area (Å²) in [6.07, 6.45) is 0.742. The molecule has 0 spiro atoms. The summed E-state index contributed by atoms with van der Waals surface area (Å²) in [6.45, 7) is 2.78. The molecule has 1 N–H and O–H groups in total. The molecule has 1 aliphatic rings. The Hall–Kier alpha value is -2.71. The number of ether oxygens (including phenoxy) is 1. The number of carbonyl (C=O) groups excluding carboxylic acids is 2. The van der Waals surface area contributed by atoms with Gasteiger partial charge in [0, 0.05) is 11.7 Å². The number of aryl methyl sites for hydroxylation is 1. The normalized spacial score (nSPS) is 15.9. The number of fused-ring (bicyclic) bond motifs is 1. The van der Waals surface area contributed by atoms with Crippen LogP contribution in [0, 0.1) is 6.92 Å². The summed E-state index contributed by atoms with van der Waals surface area (Å²) < 4.78 is 31.5. The molecular formula is C20H22N2O5S. The third-order valence-electron chi connectivity index (χ3n) is 4.57. The average molecular weight is 402 g/mol. The van der Waals surface area contributed by atoms with Crippen LogP contribution in [-0.4, -0.2) is 39.5 Å². The summed E-state index contributed by atoms with van der Waals surface area (Å²) >= 11 is 0. The number of nitrogens with one attached hydrogen (secondary N) is 1. The first-order chi connectivity index (χ1) is 13.3. The molecule has 3 rings (SSSR count). The Labute approximate surface area is 164 Å². The maximum atomic E-state index is 12.5. The number of rotatable bonds is 6. The van der Waals surface area contributed by atoms with Gasteiger partial charge in [0.25, 0.3) is 5.91 Å². The Morgan fingerprint density at radius 1 is 1.14 bits per heavy atom. The van der Waals surface area contributed by atoms with Gasteiger partial charge in [-0.2, -0.15) is 4.72 Å². The van der Waals surface area contributed by atoms with Crippen molar-refractivity contribution in [3.8, 4) is 0 Å². The van der Waals surface area contributed by atoms with E-state index in [1.54, 1.807) is 17.0 Å². The zero-order valence-corrected chi connectivity index (χ0v) is 16.5. The summed E-state index contributed by atoms with van der Waals surface area (Å²) in [5.41, 5.74) is 2.81. The molecule has 1 aliphatic heterocycles. The lowest BCUT2D eigenvalue weighted by atomic mass is 10.1. The van der Waals surface area contributed by atoms with Crippen LogP contribution in [0.15, 0.2) is 53.4 Å². The van der Waals surface area contributed by atoms with Crippen molar-refractivity contribution in [2.75, 3.05) is 18.1 Å². The van der Waals surface area contributed by atoms with Crippen LogP contribution >= 0.6 is 0 Å². The van der Waals surface area contributed by atoms with Gasteiger partial charge in [0.1, 0.15) is 6.54 Å². The van der Waals surface area contributed by atoms with Gasteiger partial charge in [0.05, 0.1) is 4.90 Å². The Balaban J connectivity index is 1.53. The van der Waals surface area contributed by atoms with Crippen molar-refractivity contribution >= 4 is 27.6 Å². The molecular weight excluding hydrogens is 380 g/mol. The number of amides is 1. The number of benzene rings is 2. The van der Waals surface area contributed by atoms with Crippen molar-refractivity contribution < 1.29 is 22.7 Å². The van der Waals surface area contributed by atoms with Crippen LogP contribution in [0.25, 0.3) is 0 Å². The van der Waals surface area contributed by atoms with E-state index in [1.807, 2.05) is 38.1 Å². The average Bonchev–Trinajstić information content (AvgIpc) is 3.00. The van der Waals surface area contributed by atoms with Gasteiger partial charge in [0.2, 0.25) is 10.0 Å². The van der Waals surface area contributed by atoms with Gasteiger partial charge in [-0.1, -0.05) is 35.9 Å². The van der Waals surface area contributed by atoms with Gasteiger partial charge in [-0.3, -0.25) is 9.59 Å². The molecule has 0 saturated heterocycles. The number of anilines is 1. The molecule has 1 atom stereocenters. The highest BCUT2D eigenvalue weighted by molar-refractivity contribution is 7.89. The second-order valence-corrected chi connectivity index (χ2v) is 8.51. The first kappa shape index (κ1) is 20.0. The van der Waals surface area contributed by atoms with Crippen LogP contribution in [0.4, 0.5) is 5.69 Å². The topological polar surface area (TPSA) is 92.8 Å². The lowest BCUT2D eigenvalue weighted by molar-refractivity contribution is -0.146. The number of hydrogen-bond donors (Lipinski definition) is 1. The first-order valence-electron chi connectivity index (χ1n) is 8.90. The lowest BCUT2D eigenvalue weighted by Gasteiger charge is -2.22. The summed E-state index contributed by atoms with van der Waals surface area (Å²) in [6, 6.07) is 13.8. The van der Waals surface area contributed by atoms with E-state index in [2.05, 4.69) is 4.72 Å². The van der Waals surface area contributed by atoms with Gasteiger partial charge >= 0.3 is 5.97 Å². The quantitative estimate of drug-likeness (QED) is 0.744. The highest BCUT2D eigenvalue weighted by Crippen LogP contribution is 2.31. The molecule has 2 aromatic rings. The molecule has 0 fully saturated rings. The minimum Gasteiger partial charge on any atom is -0.455 e. The van der Waals surface area contributed by atoms with E-state index in [-0.39, 0.29) is 16.8 Å². The van der Waals surface area contributed by atoms with Crippen LogP contribution < -0.4 is 9.62 Å². The van der Waals surface area contributed by atoms with Crippen molar-refractivity contribution in [1.29, 1.82) is 0 Å². The maximum Gasteiger partial charge on any atom is 0.321 e. The minimum atomic E-state index is -3.82. The van der Waals surface area contributed by atoms with Crippen molar-refractivity contribution in [2.24, 2.45) is 0 Å². The molecule has 1 heterocycles. The molecule has 2 aromatic carbocycles. The van der Waals surface area contributed by atoms with E-state index in [0.717, 1.165) is 23.2 Å². The number of nitrogens with zero attached hydrogens (tertiary/aromatic N) is 1. The number of esters is 1.